The Morgan fingerprint density at radius 2 is 1.46 bits per heavy atom. The molecule has 0 saturated carbocycles. The molecular weight excluding hydrogens is 350 g/mol. The van der Waals surface area contributed by atoms with Gasteiger partial charge in [-0.3, -0.25) is 14.6 Å². The van der Waals surface area contributed by atoms with Crippen molar-refractivity contribution < 1.29 is 9.59 Å². The van der Waals surface area contributed by atoms with Crippen molar-refractivity contribution in [1.82, 2.24) is 4.98 Å². The van der Waals surface area contributed by atoms with Gasteiger partial charge in [0, 0.05) is 23.8 Å². The number of hydrogen-bond donors (Lipinski definition) is 2. The summed E-state index contributed by atoms with van der Waals surface area (Å²) in [6, 6.07) is 16.7. The monoisotopic (exact) mass is 373 g/mol. The quantitative estimate of drug-likeness (QED) is 0.660. The van der Waals surface area contributed by atoms with Gasteiger partial charge in [-0.05, 0) is 42.7 Å². The maximum Gasteiger partial charge on any atom is 0.257 e. The van der Waals surface area contributed by atoms with E-state index < -0.39 is 0 Å². The first-order valence-electron chi connectivity index (χ1n) is 9.17. The van der Waals surface area contributed by atoms with Gasteiger partial charge < -0.3 is 10.6 Å². The van der Waals surface area contributed by atoms with E-state index in [9.17, 15) is 9.59 Å². The lowest BCUT2D eigenvalue weighted by Crippen LogP contribution is -2.17. The van der Waals surface area contributed by atoms with Gasteiger partial charge in [0.05, 0.1) is 11.1 Å². The number of pyridine rings is 1. The van der Waals surface area contributed by atoms with Crippen LogP contribution in [0.25, 0.3) is 0 Å². The number of para-hydroxylation sites is 1. The Morgan fingerprint density at radius 3 is 2.11 bits per heavy atom. The Labute approximate surface area is 164 Å². The largest absolute Gasteiger partial charge is 0.322 e. The molecule has 0 aliphatic carbocycles. The standard InChI is InChI=1S/C23H23N3O2/c1-15(2)20-6-4-5-7-21(20)26-23(28)18-12-17(13-24-14-18)22(27)25-19-10-8-16(3)9-11-19/h4-15H,1-3H3,(H,25,27)(H,26,28). The second-order valence-electron chi connectivity index (χ2n) is 6.98. The van der Waals surface area contributed by atoms with Gasteiger partial charge in [-0.2, -0.15) is 0 Å². The van der Waals surface area contributed by atoms with Crippen LogP contribution in [0.3, 0.4) is 0 Å². The van der Waals surface area contributed by atoms with Crippen LogP contribution < -0.4 is 10.6 Å². The number of nitrogens with zero attached hydrogens (tertiary/aromatic N) is 1. The summed E-state index contributed by atoms with van der Waals surface area (Å²) in [5.41, 5.74) is 4.27. The zero-order valence-electron chi connectivity index (χ0n) is 16.2. The number of anilines is 2. The summed E-state index contributed by atoms with van der Waals surface area (Å²) in [6.45, 7) is 6.13. The maximum absolute atomic E-state index is 12.7. The summed E-state index contributed by atoms with van der Waals surface area (Å²) < 4.78 is 0. The van der Waals surface area contributed by atoms with E-state index in [0.29, 0.717) is 16.8 Å². The third-order valence-electron chi connectivity index (χ3n) is 4.40. The molecule has 0 fully saturated rings. The summed E-state index contributed by atoms with van der Waals surface area (Å²) in [4.78, 5) is 29.2. The summed E-state index contributed by atoms with van der Waals surface area (Å²) in [5, 5.41) is 5.73. The SMILES string of the molecule is Cc1ccc(NC(=O)c2cncc(C(=O)Nc3ccccc3C(C)C)c2)cc1. The van der Waals surface area contributed by atoms with Gasteiger partial charge in [0.15, 0.2) is 0 Å². The molecule has 0 radical (unpaired) electrons. The van der Waals surface area contributed by atoms with Gasteiger partial charge >= 0.3 is 0 Å². The molecule has 1 heterocycles. The minimum atomic E-state index is -0.311. The van der Waals surface area contributed by atoms with Gasteiger partial charge in [-0.1, -0.05) is 49.7 Å². The van der Waals surface area contributed by atoms with Gasteiger partial charge in [-0.15, -0.1) is 0 Å². The molecule has 0 spiro atoms. The molecular formula is C23H23N3O2. The first-order valence-corrected chi connectivity index (χ1v) is 9.17. The Balaban J connectivity index is 1.76. The van der Waals surface area contributed by atoms with Crippen molar-refractivity contribution in [3.63, 3.8) is 0 Å². The third-order valence-corrected chi connectivity index (χ3v) is 4.40. The zero-order valence-corrected chi connectivity index (χ0v) is 16.2. The molecule has 3 rings (SSSR count). The van der Waals surface area contributed by atoms with E-state index in [0.717, 1.165) is 16.8 Å². The lowest BCUT2D eigenvalue weighted by molar-refractivity contribution is 0.102. The van der Waals surface area contributed by atoms with Crippen LogP contribution in [0.2, 0.25) is 0 Å². The first-order chi connectivity index (χ1) is 13.4. The lowest BCUT2D eigenvalue weighted by atomic mass is 10.0. The molecule has 2 amide bonds. The number of nitrogens with one attached hydrogen (secondary N) is 2. The van der Waals surface area contributed by atoms with E-state index in [2.05, 4.69) is 29.5 Å². The number of carbonyl (C=O) groups is 2. The second kappa shape index (κ2) is 8.48. The van der Waals surface area contributed by atoms with Crippen LogP contribution in [0.1, 0.15) is 51.6 Å². The highest BCUT2D eigenvalue weighted by molar-refractivity contribution is 6.08. The zero-order chi connectivity index (χ0) is 20.1. The Bertz CT molecular complexity index is 995. The van der Waals surface area contributed by atoms with Gasteiger partial charge in [0.2, 0.25) is 0 Å². The van der Waals surface area contributed by atoms with E-state index in [-0.39, 0.29) is 17.7 Å². The van der Waals surface area contributed by atoms with Crippen LogP contribution in [0, 0.1) is 6.92 Å². The normalized spacial score (nSPS) is 10.6. The van der Waals surface area contributed by atoms with Gasteiger partial charge in [-0.25, -0.2) is 0 Å². The topological polar surface area (TPSA) is 71.1 Å². The molecule has 0 atom stereocenters. The first kappa shape index (κ1) is 19.3. The molecule has 5 nitrogen and oxygen atoms in total. The van der Waals surface area contributed by atoms with E-state index >= 15 is 0 Å². The minimum Gasteiger partial charge on any atom is -0.322 e. The van der Waals surface area contributed by atoms with E-state index in [1.165, 1.54) is 12.4 Å². The highest BCUT2D eigenvalue weighted by Crippen LogP contribution is 2.24. The van der Waals surface area contributed by atoms with Crippen molar-refractivity contribution in [2.45, 2.75) is 26.7 Å². The van der Waals surface area contributed by atoms with Gasteiger partial charge in [0.1, 0.15) is 0 Å². The number of carbonyl (C=O) groups excluding carboxylic acids is 2. The van der Waals surface area contributed by atoms with Crippen molar-refractivity contribution >= 4 is 23.2 Å². The molecule has 5 heteroatoms. The van der Waals surface area contributed by atoms with Gasteiger partial charge in [0.25, 0.3) is 11.8 Å². The molecule has 28 heavy (non-hydrogen) atoms. The fraction of sp³-hybridized carbons (Fsp3) is 0.174. The second-order valence-corrected chi connectivity index (χ2v) is 6.98. The average molecular weight is 373 g/mol. The molecule has 2 aromatic carbocycles. The van der Waals surface area contributed by atoms with Crippen LogP contribution in [-0.2, 0) is 0 Å². The van der Waals surface area contributed by atoms with Crippen LogP contribution in [-0.4, -0.2) is 16.8 Å². The Hall–Kier alpha value is -3.47. The average Bonchev–Trinajstić information content (AvgIpc) is 2.70. The Kier molecular flexibility index (Phi) is 5.84. The predicted octanol–water partition coefficient (Wildman–Crippen LogP) is 5.02. The minimum absolute atomic E-state index is 0.279. The molecule has 2 N–H and O–H groups in total. The smallest absolute Gasteiger partial charge is 0.257 e. The summed E-state index contributed by atoms with van der Waals surface area (Å²) >= 11 is 0. The summed E-state index contributed by atoms with van der Waals surface area (Å²) in [5.74, 6) is -0.333. The molecule has 142 valence electrons. The molecule has 0 aliphatic rings. The molecule has 0 bridgehead atoms. The Morgan fingerprint density at radius 1 is 0.857 bits per heavy atom. The molecule has 0 unspecified atom stereocenters. The number of hydrogen-bond acceptors (Lipinski definition) is 3. The van der Waals surface area contributed by atoms with Crippen molar-refractivity contribution in [1.29, 1.82) is 0 Å². The molecule has 0 saturated heterocycles. The van der Waals surface area contributed by atoms with Crippen molar-refractivity contribution in [2.75, 3.05) is 10.6 Å². The number of aryl methyl sites for hydroxylation is 1. The van der Waals surface area contributed by atoms with Crippen molar-refractivity contribution in [2.24, 2.45) is 0 Å². The molecule has 0 aliphatic heterocycles. The number of amides is 2. The summed E-state index contributed by atoms with van der Waals surface area (Å²) in [7, 11) is 0. The van der Waals surface area contributed by atoms with Crippen LogP contribution in [0.15, 0.2) is 67.0 Å². The van der Waals surface area contributed by atoms with Crippen molar-refractivity contribution in [3.8, 4) is 0 Å². The maximum atomic E-state index is 12.7. The highest BCUT2D eigenvalue weighted by Gasteiger charge is 2.14. The fourth-order valence-corrected chi connectivity index (χ4v) is 2.84. The lowest BCUT2D eigenvalue weighted by Gasteiger charge is -2.13. The van der Waals surface area contributed by atoms with E-state index in [4.69, 9.17) is 0 Å². The third kappa shape index (κ3) is 4.62. The van der Waals surface area contributed by atoms with E-state index in [1.807, 2.05) is 55.5 Å². The van der Waals surface area contributed by atoms with Crippen molar-refractivity contribution in [3.05, 3.63) is 89.2 Å². The summed E-state index contributed by atoms with van der Waals surface area (Å²) in [6.07, 6.45) is 2.90. The highest BCUT2D eigenvalue weighted by atomic mass is 16.2. The fourth-order valence-electron chi connectivity index (χ4n) is 2.84. The molecule has 1 aromatic heterocycles. The van der Waals surface area contributed by atoms with E-state index in [1.54, 1.807) is 6.07 Å². The number of rotatable bonds is 5. The molecule has 3 aromatic rings. The number of benzene rings is 2. The number of aromatic nitrogens is 1. The van der Waals surface area contributed by atoms with Crippen LogP contribution >= 0.6 is 0 Å². The van der Waals surface area contributed by atoms with Crippen LogP contribution in [0.5, 0.6) is 0 Å². The predicted molar refractivity (Wildman–Crippen MR) is 112 cm³/mol. The van der Waals surface area contributed by atoms with Crippen LogP contribution in [0.4, 0.5) is 11.4 Å².